The monoisotopic (exact) mass is 290 g/mol. The molecule has 0 aliphatic rings. The van der Waals surface area contributed by atoms with Crippen LogP contribution in [0.3, 0.4) is 0 Å². The van der Waals surface area contributed by atoms with E-state index in [0.717, 1.165) is 18.7 Å². The van der Waals surface area contributed by atoms with Crippen molar-refractivity contribution in [1.82, 2.24) is 9.62 Å². The van der Waals surface area contributed by atoms with E-state index in [4.69, 9.17) is 5.11 Å². The maximum Gasteiger partial charge on any atom is 0.241 e. The molecular formula is C12H19FN2O3S. The molecular weight excluding hydrogens is 271 g/mol. The highest BCUT2D eigenvalue weighted by Crippen LogP contribution is 2.17. The van der Waals surface area contributed by atoms with Crippen molar-refractivity contribution < 1.29 is 17.9 Å². The summed E-state index contributed by atoms with van der Waals surface area (Å²) >= 11 is 0. The minimum absolute atomic E-state index is 0.182. The van der Waals surface area contributed by atoms with Gasteiger partial charge < -0.3 is 10.0 Å². The Kier molecular flexibility index (Phi) is 5.86. The molecule has 0 aliphatic carbocycles. The molecule has 0 aromatic heterocycles. The molecule has 0 spiro atoms. The number of rotatable bonds is 7. The van der Waals surface area contributed by atoms with E-state index in [-0.39, 0.29) is 17.0 Å². The molecule has 7 heteroatoms. The van der Waals surface area contributed by atoms with Gasteiger partial charge in [-0.3, -0.25) is 0 Å². The third-order valence-electron chi connectivity index (χ3n) is 2.56. The minimum Gasteiger partial charge on any atom is -0.392 e. The standard InChI is InChI=1S/C12H19FN2O3S/c1-15(2)7-3-6-14-19(17,18)12-8-11(13)5-4-10(12)9-16/h4-5,8,14,16H,3,6-7,9H2,1-2H3. The van der Waals surface area contributed by atoms with E-state index < -0.39 is 22.4 Å². The first-order valence-electron chi connectivity index (χ1n) is 5.90. The number of aliphatic hydroxyl groups is 1. The quantitative estimate of drug-likeness (QED) is 0.720. The lowest BCUT2D eigenvalue weighted by atomic mass is 10.2. The summed E-state index contributed by atoms with van der Waals surface area (Å²) in [5.74, 6) is -0.647. The highest BCUT2D eigenvalue weighted by Gasteiger charge is 2.18. The number of aliphatic hydroxyl groups excluding tert-OH is 1. The maximum atomic E-state index is 13.1. The van der Waals surface area contributed by atoms with Gasteiger partial charge in [0.1, 0.15) is 5.82 Å². The second-order valence-electron chi connectivity index (χ2n) is 4.46. The fraction of sp³-hybridized carbons (Fsp3) is 0.500. The van der Waals surface area contributed by atoms with E-state index in [1.807, 2.05) is 19.0 Å². The maximum absolute atomic E-state index is 13.1. The number of sulfonamides is 1. The lowest BCUT2D eigenvalue weighted by Gasteiger charge is -2.12. The zero-order valence-electron chi connectivity index (χ0n) is 11.1. The first-order valence-corrected chi connectivity index (χ1v) is 7.39. The van der Waals surface area contributed by atoms with Crippen molar-refractivity contribution in [3.8, 4) is 0 Å². The van der Waals surface area contributed by atoms with Gasteiger partial charge in [-0.05, 0) is 44.8 Å². The van der Waals surface area contributed by atoms with Gasteiger partial charge in [0.2, 0.25) is 10.0 Å². The molecule has 1 rings (SSSR count). The van der Waals surface area contributed by atoms with Gasteiger partial charge in [-0.1, -0.05) is 6.07 Å². The summed E-state index contributed by atoms with van der Waals surface area (Å²) in [6.45, 7) is 0.564. The van der Waals surface area contributed by atoms with E-state index in [9.17, 15) is 12.8 Å². The summed E-state index contributed by atoms with van der Waals surface area (Å²) in [7, 11) is -0.00442. The molecule has 0 amide bonds. The molecule has 2 N–H and O–H groups in total. The summed E-state index contributed by atoms with van der Waals surface area (Å²) in [6.07, 6.45) is 0.649. The molecule has 0 saturated carbocycles. The van der Waals surface area contributed by atoms with Crippen molar-refractivity contribution in [2.24, 2.45) is 0 Å². The van der Waals surface area contributed by atoms with Crippen LogP contribution in [0.15, 0.2) is 23.1 Å². The van der Waals surface area contributed by atoms with E-state index in [0.29, 0.717) is 6.42 Å². The summed E-state index contributed by atoms with van der Waals surface area (Å²) in [6, 6.07) is 3.31. The summed E-state index contributed by atoms with van der Waals surface area (Å²) in [5, 5.41) is 9.10. The summed E-state index contributed by atoms with van der Waals surface area (Å²) in [4.78, 5) is 1.73. The average molecular weight is 290 g/mol. The van der Waals surface area contributed by atoms with Crippen molar-refractivity contribution in [2.45, 2.75) is 17.9 Å². The third kappa shape index (κ3) is 4.87. The molecule has 108 valence electrons. The zero-order chi connectivity index (χ0) is 14.5. The topological polar surface area (TPSA) is 69.6 Å². The Balaban J connectivity index is 2.79. The second kappa shape index (κ2) is 6.95. The van der Waals surface area contributed by atoms with Crippen molar-refractivity contribution in [3.05, 3.63) is 29.6 Å². The fourth-order valence-corrected chi connectivity index (χ4v) is 2.90. The van der Waals surface area contributed by atoms with E-state index in [1.165, 1.54) is 6.07 Å². The van der Waals surface area contributed by atoms with Gasteiger partial charge in [-0.25, -0.2) is 17.5 Å². The molecule has 19 heavy (non-hydrogen) atoms. The first kappa shape index (κ1) is 16.0. The Hall–Kier alpha value is -1.02. The van der Waals surface area contributed by atoms with Crippen LogP contribution in [-0.4, -0.2) is 45.6 Å². The summed E-state index contributed by atoms with van der Waals surface area (Å²) < 4.78 is 39.5. The van der Waals surface area contributed by atoms with Crippen molar-refractivity contribution >= 4 is 10.0 Å². The Bertz CT molecular complexity index is 518. The SMILES string of the molecule is CN(C)CCCNS(=O)(=O)c1cc(F)ccc1CO. The van der Waals surface area contributed by atoms with Gasteiger partial charge in [0.05, 0.1) is 11.5 Å². The molecule has 0 atom stereocenters. The highest BCUT2D eigenvalue weighted by atomic mass is 32.2. The average Bonchev–Trinajstić information content (AvgIpc) is 2.34. The van der Waals surface area contributed by atoms with Crippen LogP contribution in [0.2, 0.25) is 0 Å². The van der Waals surface area contributed by atoms with Crippen LogP contribution in [0, 0.1) is 5.82 Å². The van der Waals surface area contributed by atoms with Crippen molar-refractivity contribution in [2.75, 3.05) is 27.2 Å². The zero-order valence-corrected chi connectivity index (χ0v) is 11.9. The second-order valence-corrected chi connectivity index (χ2v) is 6.20. The fourth-order valence-electron chi connectivity index (χ4n) is 1.59. The highest BCUT2D eigenvalue weighted by molar-refractivity contribution is 7.89. The smallest absolute Gasteiger partial charge is 0.241 e. The van der Waals surface area contributed by atoms with Gasteiger partial charge in [0, 0.05) is 6.54 Å². The molecule has 0 radical (unpaired) electrons. The Morgan fingerprint density at radius 2 is 2.05 bits per heavy atom. The summed E-state index contributed by atoms with van der Waals surface area (Å²) in [5.41, 5.74) is 0.182. The van der Waals surface area contributed by atoms with Gasteiger partial charge >= 0.3 is 0 Å². The van der Waals surface area contributed by atoms with Crippen LogP contribution < -0.4 is 4.72 Å². The number of hydrogen-bond donors (Lipinski definition) is 2. The molecule has 0 saturated heterocycles. The van der Waals surface area contributed by atoms with Crippen LogP contribution in [0.5, 0.6) is 0 Å². The molecule has 5 nitrogen and oxygen atoms in total. The Labute approximate surface area is 113 Å². The van der Waals surface area contributed by atoms with Crippen molar-refractivity contribution in [1.29, 1.82) is 0 Å². The number of nitrogens with zero attached hydrogens (tertiary/aromatic N) is 1. The largest absolute Gasteiger partial charge is 0.392 e. The predicted octanol–water partition coefficient (Wildman–Crippen LogP) is 0.548. The van der Waals surface area contributed by atoms with Gasteiger partial charge in [0.15, 0.2) is 0 Å². The molecule has 0 bridgehead atoms. The van der Waals surface area contributed by atoms with Gasteiger partial charge in [0.25, 0.3) is 0 Å². The molecule has 0 unspecified atom stereocenters. The van der Waals surface area contributed by atoms with Crippen LogP contribution >= 0.6 is 0 Å². The number of nitrogens with one attached hydrogen (secondary N) is 1. The molecule has 0 fully saturated rings. The lowest BCUT2D eigenvalue weighted by Crippen LogP contribution is -2.28. The van der Waals surface area contributed by atoms with E-state index in [2.05, 4.69) is 4.72 Å². The van der Waals surface area contributed by atoms with Gasteiger partial charge in [-0.2, -0.15) is 0 Å². The van der Waals surface area contributed by atoms with Crippen LogP contribution in [0.1, 0.15) is 12.0 Å². The first-order chi connectivity index (χ1) is 8.86. The predicted molar refractivity (Wildman–Crippen MR) is 70.7 cm³/mol. The van der Waals surface area contributed by atoms with Crippen LogP contribution in [0.4, 0.5) is 4.39 Å². The van der Waals surface area contributed by atoms with Crippen LogP contribution in [0.25, 0.3) is 0 Å². The van der Waals surface area contributed by atoms with Gasteiger partial charge in [-0.15, -0.1) is 0 Å². The molecule has 0 heterocycles. The van der Waals surface area contributed by atoms with E-state index >= 15 is 0 Å². The number of halogens is 1. The Morgan fingerprint density at radius 1 is 1.37 bits per heavy atom. The Morgan fingerprint density at radius 3 is 2.63 bits per heavy atom. The third-order valence-corrected chi connectivity index (χ3v) is 4.11. The number of hydrogen-bond acceptors (Lipinski definition) is 4. The normalized spacial score (nSPS) is 12.1. The number of benzene rings is 1. The molecule has 0 aliphatic heterocycles. The lowest BCUT2D eigenvalue weighted by molar-refractivity contribution is 0.278. The minimum atomic E-state index is -3.79. The van der Waals surface area contributed by atoms with Crippen LogP contribution in [-0.2, 0) is 16.6 Å². The molecule has 1 aromatic carbocycles. The molecule has 1 aromatic rings. The van der Waals surface area contributed by atoms with Crippen molar-refractivity contribution in [3.63, 3.8) is 0 Å². The van der Waals surface area contributed by atoms with E-state index in [1.54, 1.807) is 0 Å².